The van der Waals surface area contributed by atoms with Gasteiger partial charge in [-0.1, -0.05) is 34.8 Å². The fourth-order valence-electron chi connectivity index (χ4n) is 1.23. The molecule has 0 unspecified atom stereocenters. The van der Waals surface area contributed by atoms with Crippen LogP contribution >= 0.6 is 46.8 Å². The molecule has 0 aliphatic heterocycles. The Hall–Kier alpha value is -0.810. The van der Waals surface area contributed by atoms with Gasteiger partial charge in [0, 0.05) is 27.2 Å². The normalized spacial score (nSPS) is 10.4. The van der Waals surface area contributed by atoms with E-state index in [0.29, 0.717) is 20.9 Å². The number of anilines is 1. The molecule has 2 rings (SSSR count). The molecule has 0 radical (unpaired) electrons. The molecular weight excluding hydrogens is 315 g/mol. The predicted molar refractivity (Wildman–Crippen MR) is 78.0 cm³/mol. The number of rotatable bonds is 3. The van der Waals surface area contributed by atoms with Crippen molar-refractivity contribution >= 4 is 52.4 Å². The molecule has 0 aliphatic carbocycles. The van der Waals surface area contributed by atoms with Crippen LogP contribution in [0.2, 0.25) is 15.2 Å². The lowest BCUT2D eigenvalue weighted by Gasteiger charge is -2.05. The highest BCUT2D eigenvalue weighted by Gasteiger charge is 2.03. The molecule has 0 aliphatic rings. The molecule has 0 fully saturated rings. The molecular formula is C11H7Cl3N2OS. The Labute approximate surface area is 123 Å². The summed E-state index contributed by atoms with van der Waals surface area (Å²) >= 11 is 18.6. The first-order valence-corrected chi connectivity index (χ1v) is 6.77. The van der Waals surface area contributed by atoms with Crippen LogP contribution in [0, 0.1) is 0 Å². The minimum Gasteiger partial charge on any atom is -0.350 e. The van der Waals surface area contributed by atoms with Gasteiger partial charge in [-0.25, -0.2) is 0 Å². The van der Waals surface area contributed by atoms with E-state index in [4.69, 9.17) is 34.8 Å². The molecule has 7 heteroatoms. The first kappa shape index (κ1) is 13.6. The lowest BCUT2D eigenvalue weighted by atomic mass is 10.4. The number of aromatic amines is 1. The molecule has 0 saturated carbocycles. The Bertz CT molecular complexity index is 610. The van der Waals surface area contributed by atoms with E-state index in [9.17, 15) is 4.79 Å². The molecule has 3 nitrogen and oxygen atoms in total. The van der Waals surface area contributed by atoms with Crippen molar-refractivity contribution in [1.29, 1.82) is 0 Å². The second-order valence-electron chi connectivity index (χ2n) is 3.37. The number of hydrogen-bond donors (Lipinski definition) is 2. The second-order valence-corrected chi connectivity index (χ2v) is 5.53. The summed E-state index contributed by atoms with van der Waals surface area (Å²) in [4.78, 5) is 15.1. The maximum absolute atomic E-state index is 11.6. The van der Waals surface area contributed by atoms with Gasteiger partial charge in [0.1, 0.15) is 10.8 Å². The van der Waals surface area contributed by atoms with Crippen molar-refractivity contribution in [2.24, 2.45) is 0 Å². The molecule has 1 aromatic heterocycles. The van der Waals surface area contributed by atoms with E-state index in [-0.39, 0.29) is 5.43 Å². The summed E-state index contributed by atoms with van der Waals surface area (Å²) in [6.45, 7) is 0. The Morgan fingerprint density at radius 2 is 1.72 bits per heavy atom. The second kappa shape index (κ2) is 5.89. The van der Waals surface area contributed by atoms with E-state index in [2.05, 4.69) is 9.71 Å². The minimum absolute atomic E-state index is 0.195. The lowest BCUT2D eigenvalue weighted by Crippen LogP contribution is -2.05. The molecule has 0 amide bonds. The number of benzene rings is 1. The number of nitrogens with one attached hydrogen (secondary N) is 2. The van der Waals surface area contributed by atoms with Gasteiger partial charge in [-0.05, 0) is 30.1 Å². The zero-order valence-corrected chi connectivity index (χ0v) is 11.9. The first-order valence-electron chi connectivity index (χ1n) is 4.82. The van der Waals surface area contributed by atoms with E-state index < -0.39 is 0 Å². The van der Waals surface area contributed by atoms with Crippen LogP contribution in [0.25, 0.3) is 0 Å². The van der Waals surface area contributed by atoms with Crippen LogP contribution in [-0.4, -0.2) is 4.98 Å². The van der Waals surface area contributed by atoms with Gasteiger partial charge < -0.3 is 9.71 Å². The quantitative estimate of drug-likeness (QED) is 0.648. The van der Waals surface area contributed by atoms with Gasteiger partial charge in [-0.2, -0.15) is 0 Å². The zero-order valence-electron chi connectivity index (χ0n) is 8.84. The standard InChI is InChI=1S/C11H7Cl3N2OS/c12-6-1-7(13)3-8(2-6)18-16-9-5-15-11(14)4-10(9)17/h1-5,16H,(H,15,17). The van der Waals surface area contributed by atoms with Gasteiger partial charge in [-0.15, -0.1) is 0 Å². The average molecular weight is 322 g/mol. The fourth-order valence-corrected chi connectivity index (χ4v) is 2.80. The Morgan fingerprint density at radius 3 is 2.33 bits per heavy atom. The first-order chi connectivity index (χ1) is 8.54. The molecule has 18 heavy (non-hydrogen) atoms. The summed E-state index contributed by atoms with van der Waals surface area (Å²) in [5.41, 5.74) is 0.208. The predicted octanol–water partition coefficient (Wildman–Crippen LogP) is 4.45. The van der Waals surface area contributed by atoms with Crippen molar-refractivity contribution in [3.63, 3.8) is 0 Å². The van der Waals surface area contributed by atoms with Gasteiger partial charge in [0.25, 0.3) is 0 Å². The van der Waals surface area contributed by atoms with Gasteiger partial charge in [0.2, 0.25) is 5.43 Å². The van der Waals surface area contributed by atoms with E-state index in [1.807, 2.05) is 0 Å². The smallest absolute Gasteiger partial charge is 0.206 e. The van der Waals surface area contributed by atoms with Crippen LogP contribution in [0.5, 0.6) is 0 Å². The molecule has 1 heterocycles. The van der Waals surface area contributed by atoms with Gasteiger partial charge in [0.05, 0.1) is 0 Å². The van der Waals surface area contributed by atoms with Crippen molar-refractivity contribution in [2.75, 3.05) is 4.72 Å². The van der Waals surface area contributed by atoms with Crippen LogP contribution in [0.1, 0.15) is 0 Å². The Balaban J connectivity index is 2.14. The molecule has 2 aromatic rings. The molecule has 94 valence electrons. The molecule has 0 atom stereocenters. The van der Waals surface area contributed by atoms with E-state index >= 15 is 0 Å². The number of pyridine rings is 1. The number of aromatic nitrogens is 1. The van der Waals surface area contributed by atoms with Crippen molar-refractivity contribution in [3.8, 4) is 0 Å². The zero-order chi connectivity index (χ0) is 13.1. The largest absolute Gasteiger partial charge is 0.350 e. The Morgan fingerprint density at radius 1 is 1.06 bits per heavy atom. The van der Waals surface area contributed by atoms with Crippen LogP contribution in [0.15, 0.2) is 40.2 Å². The van der Waals surface area contributed by atoms with Crippen LogP contribution in [-0.2, 0) is 0 Å². The number of hydrogen-bond acceptors (Lipinski definition) is 3. The third kappa shape index (κ3) is 3.59. The summed E-state index contributed by atoms with van der Waals surface area (Å²) in [6.07, 6.45) is 1.50. The summed E-state index contributed by atoms with van der Waals surface area (Å²) < 4.78 is 2.91. The van der Waals surface area contributed by atoms with Crippen LogP contribution in [0.4, 0.5) is 5.69 Å². The van der Waals surface area contributed by atoms with Crippen molar-refractivity contribution < 1.29 is 0 Å². The molecule has 0 spiro atoms. The van der Waals surface area contributed by atoms with Crippen molar-refractivity contribution in [3.05, 3.63) is 55.9 Å². The van der Waals surface area contributed by atoms with Crippen molar-refractivity contribution in [2.45, 2.75) is 4.90 Å². The van der Waals surface area contributed by atoms with E-state index in [1.165, 1.54) is 24.2 Å². The number of halogens is 3. The maximum atomic E-state index is 11.6. The SMILES string of the molecule is O=c1cc(Cl)[nH]cc1NSc1cc(Cl)cc(Cl)c1. The summed E-state index contributed by atoms with van der Waals surface area (Å²) in [6, 6.07) is 6.43. The van der Waals surface area contributed by atoms with Crippen LogP contribution in [0.3, 0.4) is 0 Å². The van der Waals surface area contributed by atoms with Gasteiger partial charge in [-0.3, -0.25) is 4.79 Å². The fraction of sp³-hybridized carbons (Fsp3) is 0. The molecule has 2 N–H and O–H groups in total. The highest BCUT2D eigenvalue weighted by atomic mass is 35.5. The van der Waals surface area contributed by atoms with Gasteiger partial charge in [0.15, 0.2) is 0 Å². The number of H-pyrrole nitrogens is 1. The summed E-state index contributed by atoms with van der Waals surface area (Å²) in [5.74, 6) is 0. The minimum atomic E-state index is -0.195. The van der Waals surface area contributed by atoms with E-state index in [1.54, 1.807) is 18.2 Å². The summed E-state index contributed by atoms with van der Waals surface area (Å²) in [7, 11) is 0. The molecule has 0 bridgehead atoms. The average Bonchev–Trinajstić information content (AvgIpc) is 2.26. The Kier molecular flexibility index (Phi) is 4.45. The van der Waals surface area contributed by atoms with Crippen molar-refractivity contribution in [1.82, 2.24) is 4.98 Å². The molecule has 0 saturated heterocycles. The lowest BCUT2D eigenvalue weighted by molar-refractivity contribution is 1.31. The third-order valence-electron chi connectivity index (χ3n) is 1.99. The topological polar surface area (TPSA) is 44.9 Å². The summed E-state index contributed by atoms with van der Waals surface area (Å²) in [5, 5.41) is 1.37. The van der Waals surface area contributed by atoms with Crippen LogP contribution < -0.4 is 10.2 Å². The highest BCUT2D eigenvalue weighted by Crippen LogP contribution is 2.26. The third-order valence-corrected chi connectivity index (χ3v) is 3.44. The maximum Gasteiger partial charge on any atom is 0.206 e. The highest BCUT2D eigenvalue weighted by molar-refractivity contribution is 8.00. The van der Waals surface area contributed by atoms with Gasteiger partial charge >= 0.3 is 0 Å². The monoisotopic (exact) mass is 320 g/mol. The molecule has 1 aromatic carbocycles. The van der Waals surface area contributed by atoms with E-state index in [0.717, 1.165) is 4.90 Å².